The normalized spacial score (nSPS) is 13.1. The maximum absolute atomic E-state index is 13.0. The Hall–Kier alpha value is -3.86. The molecule has 0 saturated carbocycles. The first-order chi connectivity index (χ1) is 18.6. The Labute approximate surface area is 229 Å². The molecule has 0 unspecified atom stereocenters. The Morgan fingerprint density at radius 1 is 1.03 bits per heavy atom. The zero-order valence-electron chi connectivity index (χ0n) is 23.3. The first-order valence-corrected chi connectivity index (χ1v) is 12.7. The third-order valence-corrected chi connectivity index (χ3v) is 5.45. The van der Waals surface area contributed by atoms with Crippen LogP contribution in [0.25, 0.3) is 0 Å². The fourth-order valence-electron chi connectivity index (χ4n) is 3.21. The van der Waals surface area contributed by atoms with Crippen LogP contribution in [-0.2, 0) is 23.8 Å². The number of methoxy groups -OCH3 is 1. The molecule has 1 N–H and O–H groups in total. The monoisotopic (exact) mass is 546 g/mol. The zero-order chi connectivity index (χ0) is 28.8. The molecule has 2 aromatic rings. The molecule has 0 saturated heterocycles. The van der Waals surface area contributed by atoms with E-state index in [-0.39, 0.29) is 23.8 Å². The van der Waals surface area contributed by atoms with Crippen molar-refractivity contribution < 1.29 is 42.8 Å². The number of rotatable bonds is 16. The molecule has 0 bridgehead atoms. The van der Waals surface area contributed by atoms with E-state index in [1.807, 2.05) is 18.2 Å². The number of hydrogen-bond donors (Lipinski definition) is 1. The molecule has 1 heterocycles. The molecule has 0 aliphatic rings. The molecule has 11 heteroatoms. The second-order valence-electron chi connectivity index (χ2n) is 9.15. The SMILES string of the molecule is COc1ccnc(C(=O)N[C@@H](C)C(=O)O[C@H](COCCC(C)C)[C@H](C)Oc2ccccc2)c1OCOC(C)=O. The lowest BCUT2D eigenvalue weighted by atomic mass is 10.1. The fourth-order valence-corrected chi connectivity index (χ4v) is 3.21. The smallest absolute Gasteiger partial charge is 0.328 e. The average Bonchev–Trinajstić information content (AvgIpc) is 2.90. The topological polar surface area (TPSA) is 132 Å². The van der Waals surface area contributed by atoms with Gasteiger partial charge < -0.3 is 33.7 Å². The van der Waals surface area contributed by atoms with Crippen molar-refractivity contribution in [3.05, 3.63) is 48.3 Å². The van der Waals surface area contributed by atoms with Crippen LogP contribution in [0.4, 0.5) is 0 Å². The number of nitrogens with one attached hydrogen (secondary N) is 1. The number of amides is 1. The van der Waals surface area contributed by atoms with E-state index >= 15 is 0 Å². The summed E-state index contributed by atoms with van der Waals surface area (Å²) in [5.74, 6) is -0.714. The average molecular weight is 547 g/mol. The summed E-state index contributed by atoms with van der Waals surface area (Å²) >= 11 is 0. The van der Waals surface area contributed by atoms with Gasteiger partial charge in [-0.1, -0.05) is 32.0 Å². The number of carbonyl (C=O) groups is 3. The van der Waals surface area contributed by atoms with Crippen LogP contribution < -0.4 is 19.5 Å². The second kappa shape index (κ2) is 16.2. The van der Waals surface area contributed by atoms with E-state index in [4.69, 9.17) is 28.4 Å². The van der Waals surface area contributed by atoms with Crippen molar-refractivity contribution in [3.63, 3.8) is 0 Å². The van der Waals surface area contributed by atoms with E-state index in [1.165, 1.54) is 33.2 Å². The summed E-state index contributed by atoms with van der Waals surface area (Å²) in [4.78, 5) is 41.1. The van der Waals surface area contributed by atoms with Gasteiger partial charge in [0.2, 0.25) is 6.79 Å². The van der Waals surface area contributed by atoms with Crippen molar-refractivity contribution in [2.75, 3.05) is 27.1 Å². The van der Waals surface area contributed by atoms with Crippen LogP contribution in [0.15, 0.2) is 42.6 Å². The quantitative estimate of drug-likeness (QED) is 0.189. The molecule has 2 rings (SSSR count). The number of hydrogen-bond acceptors (Lipinski definition) is 10. The van der Waals surface area contributed by atoms with E-state index in [0.29, 0.717) is 18.3 Å². The molecule has 11 nitrogen and oxygen atoms in total. The van der Waals surface area contributed by atoms with Crippen LogP contribution in [0.1, 0.15) is 51.5 Å². The lowest BCUT2D eigenvalue weighted by Gasteiger charge is -2.26. The molecule has 214 valence electrons. The molecule has 1 amide bonds. The first kappa shape index (κ1) is 31.4. The van der Waals surface area contributed by atoms with Crippen LogP contribution in [0.5, 0.6) is 17.2 Å². The summed E-state index contributed by atoms with van der Waals surface area (Å²) in [5, 5.41) is 2.56. The van der Waals surface area contributed by atoms with Crippen molar-refractivity contribution in [3.8, 4) is 17.2 Å². The molecule has 0 aliphatic heterocycles. The van der Waals surface area contributed by atoms with E-state index in [0.717, 1.165) is 6.42 Å². The van der Waals surface area contributed by atoms with E-state index in [9.17, 15) is 14.4 Å². The van der Waals surface area contributed by atoms with E-state index in [2.05, 4.69) is 24.1 Å². The minimum atomic E-state index is -1.05. The highest BCUT2D eigenvalue weighted by Crippen LogP contribution is 2.29. The van der Waals surface area contributed by atoms with Crippen LogP contribution in [0, 0.1) is 5.92 Å². The third kappa shape index (κ3) is 10.8. The third-order valence-electron chi connectivity index (χ3n) is 5.45. The van der Waals surface area contributed by atoms with E-state index < -0.39 is 42.9 Å². The number of esters is 2. The maximum Gasteiger partial charge on any atom is 0.328 e. The summed E-state index contributed by atoms with van der Waals surface area (Å²) in [6, 6.07) is 9.61. The van der Waals surface area contributed by atoms with Gasteiger partial charge in [-0.25, -0.2) is 9.78 Å². The number of para-hydroxylation sites is 1. The Morgan fingerprint density at radius 2 is 1.74 bits per heavy atom. The number of ether oxygens (including phenoxy) is 6. The summed E-state index contributed by atoms with van der Waals surface area (Å²) in [7, 11) is 1.39. The van der Waals surface area contributed by atoms with Gasteiger partial charge in [-0.3, -0.25) is 9.59 Å². The van der Waals surface area contributed by atoms with Gasteiger partial charge in [0.1, 0.15) is 17.9 Å². The van der Waals surface area contributed by atoms with Gasteiger partial charge in [0.05, 0.1) is 13.7 Å². The first-order valence-electron chi connectivity index (χ1n) is 12.7. The summed E-state index contributed by atoms with van der Waals surface area (Å²) in [6.07, 6.45) is 0.945. The largest absolute Gasteiger partial charge is 0.493 e. The molecule has 1 aromatic heterocycles. The number of nitrogens with zero attached hydrogens (tertiary/aromatic N) is 1. The van der Waals surface area contributed by atoms with Crippen molar-refractivity contribution in [1.82, 2.24) is 10.3 Å². The molecule has 0 aliphatic carbocycles. The second-order valence-corrected chi connectivity index (χ2v) is 9.15. The molecule has 0 fully saturated rings. The molecular weight excluding hydrogens is 508 g/mol. The molecule has 0 radical (unpaired) electrons. The lowest BCUT2D eigenvalue weighted by Crippen LogP contribution is -2.45. The zero-order valence-corrected chi connectivity index (χ0v) is 23.3. The predicted octanol–water partition coefficient (Wildman–Crippen LogP) is 3.55. The predicted molar refractivity (Wildman–Crippen MR) is 142 cm³/mol. The van der Waals surface area contributed by atoms with Crippen molar-refractivity contribution in [2.24, 2.45) is 5.92 Å². The van der Waals surface area contributed by atoms with Crippen molar-refractivity contribution >= 4 is 17.8 Å². The molecule has 39 heavy (non-hydrogen) atoms. The molecule has 1 aromatic carbocycles. The van der Waals surface area contributed by atoms with Crippen LogP contribution in [0.3, 0.4) is 0 Å². The van der Waals surface area contributed by atoms with Gasteiger partial charge >= 0.3 is 11.9 Å². The number of pyridine rings is 1. The van der Waals surface area contributed by atoms with Gasteiger partial charge in [0, 0.05) is 25.8 Å². The van der Waals surface area contributed by atoms with Crippen LogP contribution in [0.2, 0.25) is 0 Å². The van der Waals surface area contributed by atoms with Crippen LogP contribution in [-0.4, -0.2) is 68.2 Å². The van der Waals surface area contributed by atoms with Gasteiger partial charge in [-0.2, -0.15) is 0 Å². The Balaban J connectivity index is 2.09. The molecular formula is C28H38N2O9. The van der Waals surface area contributed by atoms with Gasteiger partial charge in [0.25, 0.3) is 5.91 Å². The van der Waals surface area contributed by atoms with Gasteiger partial charge in [-0.15, -0.1) is 0 Å². The Morgan fingerprint density at radius 3 is 2.38 bits per heavy atom. The molecule has 0 spiro atoms. The summed E-state index contributed by atoms with van der Waals surface area (Å²) in [5.41, 5.74) is -0.157. The van der Waals surface area contributed by atoms with E-state index in [1.54, 1.807) is 19.1 Å². The Kier molecular flexibility index (Phi) is 13.0. The number of carbonyl (C=O) groups excluding carboxylic acids is 3. The van der Waals surface area contributed by atoms with Crippen molar-refractivity contribution in [2.45, 2.75) is 59.3 Å². The number of benzene rings is 1. The summed E-state index contributed by atoms with van der Waals surface area (Å²) < 4.78 is 32.9. The minimum absolute atomic E-state index is 0.0411. The molecule has 3 atom stereocenters. The minimum Gasteiger partial charge on any atom is -0.493 e. The summed E-state index contributed by atoms with van der Waals surface area (Å²) in [6.45, 7) is 8.86. The highest BCUT2D eigenvalue weighted by atomic mass is 16.7. The highest BCUT2D eigenvalue weighted by molar-refractivity contribution is 5.98. The lowest BCUT2D eigenvalue weighted by molar-refractivity contribution is -0.159. The number of aromatic nitrogens is 1. The van der Waals surface area contributed by atoms with Gasteiger partial charge in [0.15, 0.2) is 23.3 Å². The van der Waals surface area contributed by atoms with Crippen molar-refractivity contribution in [1.29, 1.82) is 0 Å². The fraction of sp³-hybridized carbons (Fsp3) is 0.500. The standard InChI is InChI=1S/C28H38N2O9/c1-18(2)13-15-35-16-24(20(4)38-22-10-8-7-9-11-22)39-28(33)19(3)30-27(32)25-26(37-17-36-21(5)31)23(34-6)12-14-29-25/h7-12,14,18-20,24H,13,15-17H2,1-6H3,(H,30,32)/t19-,20-,24+/m0/s1. The van der Waals surface area contributed by atoms with Gasteiger partial charge in [-0.05, 0) is 38.3 Å². The van der Waals surface area contributed by atoms with Crippen LogP contribution >= 0.6 is 0 Å². The Bertz CT molecular complexity index is 1060. The highest BCUT2D eigenvalue weighted by Gasteiger charge is 2.29. The maximum atomic E-state index is 13.0.